The van der Waals surface area contributed by atoms with E-state index < -0.39 is 42.5 Å². The van der Waals surface area contributed by atoms with Crippen LogP contribution in [0.5, 0.6) is 0 Å². The van der Waals surface area contributed by atoms with Gasteiger partial charge in [0.2, 0.25) is 6.29 Å². The lowest BCUT2D eigenvalue weighted by Crippen LogP contribution is -2.40. The van der Waals surface area contributed by atoms with E-state index in [0.717, 1.165) is 0 Å². The lowest BCUT2D eigenvalue weighted by Gasteiger charge is -2.21. The van der Waals surface area contributed by atoms with Crippen molar-refractivity contribution in [3.05, 3.63) is 35.9 Å². The van der Waals surface area contributed by atoms with Crippen LogP contribution in [0.3, 0.4) is 0 Å². The molecular formula is C17H20O8. The van der Waals surface area contributed by atoms with E-state index in [0.29, 0.717) is 5.56 Å². The Morgan fingerprint density at radius 1 is 1.00 bits per heavy atom. The first-order valence-corrected chi connectivity index (χ1v) is 7.67. The lowest BCUT2D eigenvalue weighted by molar-refractivity contribution is -0.196. The molecule has 25 heavy (non-hydrogen) atoms. The molecule has 0 saturated carbocycles. The van der Waals surface area contributed by atoms with Crippen LogP contribution < -0.4 is 0 Å². The second-order valence-corrected chi connectivity index (χ2v) is 5.39. The average Bonchev–Trinajstić information content (AvgIpc) is 2.88. The van der Waals surface area contributed by atoms with E-state index in [4.69, 9.17) is 23.7 Å². The molecule has 1 saturated heterocycles. The highest BCUT2D eigenvalue weighted by molar-refractivity contribution is 5.89. The molecule has 1 aliphatic heterocycles. The second kappa shape index (κ2) is 8.59. The van der Waals surface area contributed by atoms with Gasteiger partial charge in [0.15, 0.2) is 6.10 Å². The van der Waals surface area contributed by atoms with Gasteiger partial charge >= 0.3 is 17.9 Å². The minimum absolute atomic E-state index is 0.151. The molecule has 1 aliphatic rings. The Hall–Kier alpha value is -2.45. The van der Waals surface area contributed by atoms with Crippen LogP contribution in [0, 0.1) is 0 Å². The molecule has 8 nitrogen and oxygen atoms in total. The summed E-state index contributed by atoms with van der Waals surface area (Å²) >= 11 is 0. The minimum atomic E-state index is -1.13. The number of carbonyl (C=O) groups is 3. The van der Waals surface area contributed by atoms with E-state index in [1.165, 1.54) is 21.0 Å². The van der Waals surface area contributed by atoms with Crippen LogP contribution in [0.2, 0.25) is 0 Å². The van der Waals surface area contributed by atoms with Crippen molar-refractivity contribution in [3.8, 4) is 0 Å². The summed E-state index contributed by atoms with van der Waals surface area (Å²) in [5.74, 6) is -1.70. The van der Waals surface area contributed by atoms with E-state index in [9.17, 15) is 14.4 Å². The topological polar surface area (TPSA) is 97.4 Å². The Labute approximate surface area is 144 Å². The molecule has 2 rings (SSSR count). The monoisotopic (exact) mass is 352 g/mol. The highest BCUT2D eigenvalue weighted by Gasteiger charge is 2.49. The molecule has 8 heteroatoms. The standard InChI is InChI=1S/C17H20O8/c1-10(18)23-15-14(21-3)13(25-17(15)24-11(2)19)9-22-16(20)12-7-5-4-6-8-12/h4-8,13-15,17H,9H2,1-3H3/t13-,14-,15-,17-/m0/s1. The zero-order chi connectivity index (χ0) is 18.4. The van der Waals surface area contributed by atoms with E-state index in [2.05, 4.69) is 0 Å². The van der Waals surface area contributed by atoms with Gasteiger partial charge in [0.25, 0.3) is 0 Å². The first-order valence-electron chi connectivity index (χ1n) is 7.67. The first-order chi connectivity index (χ1) is 11.9. The highest BCUT2D eigenvalue weighted by atomic mass is 16.7. The third kappa shape index (κ3) is 5.01. The number of rotatable bonds is 6. The third-order valence-electron chi connectivity index (χ3n) is 3.51. The molecule has 1 heterocycles. The summed E-state index contributed by atoms with van der Waals surface area (Å²) in [6, 6.07) is 8.46. The predicted molar refractivity (Wildman–Crippen MR) is 83.5 cm³/mol. The SMILES string of the molecule is CO[C@@H]1[C@H](OC(C)=O)[C@@H](OC(C)=O)O[C@H]1COC(=O)c1ccccc1. The number of hydrogen-bond donors (Lipinski definition) is 0. The molecule has 1 fully saturated rings. The molecule has 4 atom stereocenters. The average molecular weight is 352 g/mol. The van der Waals surface area contributed by atoms with Crippen LogP contribution >= 0.6 is 0 Å². The Bertz CT molecular complexity index is 614. The molecule has 0 unspecified atom stereocenters. The quantitative estimate of drug-likeness (QED) is 0.554. The summed E-state index contributed by atoms with van der Waals surface area (Å²) in [7, 11) is 1.40. The molecule has 0 aliphatic carbocycles. The zero-order valence-corrected chi connectivity index (χ0v) is 14.2. The van der Waals surface area contributed by atoms with Crippen molar-refractivity contribution in [1.29, 1.82) is 0 Å². The van der Waals surface area contributed by atoms with Crippen LogP contribution in [-0.4, -0.2) is 56.2 Å². The van der Waals surface area contributed by atoms with Gasteiger partial charge in [-0.1, -0.05) is 18.2 Å². The molecule has 1 aromatic carbocycles. The summed E-state index contributed by atoms with van der Waals surface area (Å²) in [6.07, 6.45) is -3.60. The molecule has 0 bridgehead atoms. The number of carbonyl (C=O) groups excluding carboxylic acids is 3. The maximum atomic E-state index is 12.0. The molecule has 0 amide bonds. The first kappa shape index (κ1) is 18.9. The Morgan fingerprint density at radius 3 is 2.20 bits per heavy atom. The second-order valence-electron chi connectivity index (χ2n) is 5.39. The van der Waals surface area contributed by atoms with Gasteiger partial charge in [-0.05, 0) is 12.1 Å². The van der Waals surface area contributed by atoms with Crippen LogP contribution in [0.15, 0.2) is 30.3 Å². The summed E-state index contributed by atoms with van der Waals surface area (Å²) in [4.78, 5) is 34.5. The largest absolute Gasteiger partial charge is 0.459 e. The maximum absolute atomic E-state index is 12.0. The fraction of sp³-hybridized carbons (Fsp3) is 0.471. The number of hydrogen-bond acceptors (Lipinski definition) is 8. The third-order valence-corrected chi connectivity index (χ3v) is 3.51. The number of ether oxygens (including phenoxy) is 5. The van der Waals surface area contributed by atoms with Gasteiger partial charge in [-0.25, -0.2) is 4.79 Å². The van der Waals surface area contributed by atoms with Crippen LogP contribution in [0.1, 0.15) is 24.2 Å². The van der Waals surface area contributed by atoms with Gasteiger partial charge in [0, 0.05) is 21.0 Å². The van der Waals surface area contributed by atoms with Crippen LogP contribution in [-0.2, 0) is 33.3 Å². The summed E-state index contributed by atoms with van der Waals surface area (Å²) in [6.45, 7) is 2.28. The van der Waals surface area contributed by atoms with Crippen molar-refractivity contribution in [1.82, 2.24) is 0 Å². The Kier molecular flexibility index (Phi) is 6.49. The fourth-order valence-electron chi connectivity index (χ4n) is 2.50. The zero-order valence-electron chi connectivity index (χ0n) is 14.2. The number of esters is 3. The number of methoxy groups -OCH3 is 1. The van der Waals surface area contributed by atoms with E-state index in [1.807, 2.05) is 0 Å². The lowest BCUT2D eigenvalue weighted by atomic mass is 10.1. The summed E-state index contributed by atoms with van der Waals surface area (Å²) in [5, 5.41) is 0. The van der Waals surface area contributed by atoms with Crippen molar-refractivity contribution < 1.29 is 38.1 Å². The molecule has 0 aromatic heterocycles. The molecule has 136 valence electrons. The maximum Gasteiger partial charge on any atom is 0.338 e. The molecule has 0 radical (unpaired) electrons. The van der Waals surface area contributed by atoms with Crippen molar-refractivity contribution in [2.45, 2.75) is 38.4 Å². The van der Waals surface area contributed by atoms with E-state index >= 15 is 0 Å². The molecule has 1 aromatic rings. The van der Waals surface area contributed by atoms with Gasteiger partial charge in [-0.15, -0.1) is 0 Å². The Balaban J connectivity index is 2.04. The Morgan fingerprint density at radius 2 is 1.64 bits per heavy atom. The normalized spacial score (nSPS) is 25.2. The molecule has 0 spiro atoms. The molecule has 0 N–H and O–H groups in total. The highest BCUT2D eigenvalue weighted by Crippen LogP contribution is 2.28. The van der Waals surface area contributed by atoms with Gasteiger partial charge in [0.05, 0.1) is 5.56 Å². The van der Waals surface area contributed by atoms with Gasteiger partial charge in [0.1, 0.15) is 18.8 Å². The number of benzene rings is 1. The van der Waals surface area contributed by atoms with Crippen molar-refractivity contribution in [3.63, 3.8) is 0 Å². The summed E-state index contributed by atoms with van der Waals surface area (Å²) < 4.78 is 26.2. The smallest absolute Gasteiger partial charge is 0.338 e. The van der Waals surface area contributed by atoms with Crippen LogP contribution in [0.4, 0.5) is 0 Å². The van der Waals surface area contributed by atoms with Crippen LogP contribution in [0.25, 0.3) is 0 Å². The minimum Gasteiger partial charge on any atom is -0.459 e. The van der Waals surface area contributed by atoms with Gasteiger partial charge in [-0.3, -0.25) is 9.59 Å². The van der Waals surface area contributed by atoms with Crippen molar-refractivity contribution >= 4 is 17.9 Å². The van der Waals surface area contributed by atoms with E-state index in [1.54, 1.807) is 30.3 Å². The molecular weight excluding hydrogens is 332 g/mol. The summed E-state index contributed by atoms with van der Waals surface area (Å²) in [5.41, 5.74) is 0.391. The van der Waals surface area contributed by atoms with Gasteiger partial charge in [-0.2, -0.15) is 0 Å². The van der Waals surface area contributed by atoms with E-state index in [-0.39, 0.29) is 6.61 Å². The van der Waals surface area contributed by atoms with Crippen molar-refractivity contribution in [2.24, 2.45) is 0 Å². The van der Waals surface area contributed by atoms with Crippen molar-refractivity contribution in [2.75, 3.05) is 13.7 Å². The predicted octanol–water partition coefficient (Wildman–Crippen LogP) is 1.08. The van der Waals surface area contributed by atoms with Gasteiger partial charge < -0.3 is 23.7 Å². The fourth-order valence-corrected chi connectivity index (χ4v) is 2.50.